The maximum Gasteiger partial charge on any atom is 0.228 e. The molecule has 0 unspecified atom stereocenters. The lowest BCUT2D eigenvalue weighted by molar-refractivity contribution is -0.115. The molecule has 0 spiro atoms. The number of hydrogen-bond donors (Lipinski definition) is 2. The molecule has 4 rings (SSSR count). The molecule has 1 aromatic carbocycles. The minimum atomic E-state index is -0.0200. The summed E-state index contributed by atoms with van der Waals surface area (Å²) in [6.07, 6.45) is 2.60. The fourth-order valence-corrected chi connectivity index (χ4v) is 4.24. The van der Waals surface area contributed by atoms with Gasteiger partial charge in [-0.3, -0.25) is 9.78 Å². The van der Waals surface area contributed by atoms with Gasteiger partial charge in [0.2, 0.25) is 5.91 Å². The predicted octanol–water partition coefficient (Wildman–Crippen LogP) is 4.89. The number of thiophene rings is 1. The van der Waals surface area contributed by atoms with Crippen LogP contribution in [0.3, 0.4) is 0 Å². The Kier molecular flexibility index (Phi) is 6.22. The minimum absolute atomic E-state index is 0.0200. The first-order valence-corrected chi connectivity index (χ1v) is 10.9. The number of carbonyl (C=O) groups is 1. The second kappa shape index (κ2) is 9.20. The second-order valence-corrected chi connectivity index (χ2v) is 8.16. The van der Waals surface area contributed by atoms with Crippen molar-refractivity contribution in [3.63, 3.8) is 0 Å². The zero-order valence-electron chi connectivity index (χ0n) is 16.5. The quantitative estimate of drug-likeness (QED) is 0.611. The molecule has 1 aliphatic rings. The second-order valence-electron chi connectivity index (χ2n) is 7.38. The van der Waals surface area contributed by atoms with E-state index in [1.807, 2.05) is 54.1 Å². The number of rotatable bonds is 6. The van der Waals surface area contributed by atoms with Gasteiger partial charge in [-0.15, -0.1) is 0 Å². The number of benzene rings is 1. The first-order chi connectivity index (χ1) is 14.2. The Hall–Kier alpha value is -2.70. The van der Waals surface area contributed by atoms with E-state index in [0.29, 0.717) is 12.3 Å². The van der Waals surface area contributed by atoms with Crippen LogP contribution in [-0.4, -0.2) is 24.0 Å². The molecule has 150 valence electrons. The fraction of sp³-hybridized carbons (Fsp3) is 0.304. The molecular weight excluding hydrogens is 382 g/mol. The average molecular weight is 408 g/mol. The van der Waals surface area contributed by atoms with Crippen molar-refractivity contribution in [2.24, 2.45) is 0 Å². The normalized spacial score (nSPS) is 14.5. The van der Waals surface area contributed by atoms with Gasteiger partial charge in [0, 0.05) is 35.1 Å². The number of ether oxygens (including phenoxy) is 1. The summed E-state index contributed by atoms with van der Waals surface area (Å²) in [5.74, 6) is 2.01. The third-order valence-corrected chi connectivity index (χ3v) is 5.75. The van der Waals surface area contributed by atoms with Gasteiger partial charge in [-0.2, -0.15) is 11.3 Å². The van der Waals surface area contributed by atoms with Gasteiger partial charge in [-0.05, 0) is 79.5 Å². The maximum absolute atomic E-state index is 12.1. The monoisotopic (exact) mass is 407 g/mol. The van der Waals surface area contributed by atoms with Crippen LogP contribution in [0.2, 0.25) is 0 Å². The lowest BCUT2D eigenvalue weighted by Gasteiger charge is -2.22. The van der Waals surface area contributed by atoms with Gasteiger partial charge in [0.15, 0.2) is 0 Å². The lowest BCUT2D eigenvalue weighted by Crippen LogP contribution is -2.27. The SMILES string of the molecule is Cc1cc(Oc2ccc(NC(=O)Cc3ccsc3)cc2)cc(C2CCNCC2)n1. The molecule has 2 N–H and O–H groups in total. The van der Waals surface area contributed by atoms with Gasteiger partial charge in [0.05, 0.1) is 6.42 Å². The van der Waals surface area contributed by atoms with E-state index in [1.54, 1.807) is 11.3 Å². The number of pyridine rings is 1. The first kappa shape index (κ1) is 19.6. The maximum atomic E-state index is 12.1. The zero-order chi connectivity index (χ0) is 20.1. The molecule has 2 aromatic heterocycles. The number of anilines is 1. The molecule has 0 bridgehead atoms. The van der Waals surface area contributed by atoms with Gasteiger partial charge in [-0.1, -0.05) is 0 Å². The Morgan fingerprint density at radius 3 is 2.69 bits per heavy atom. The average Bonchev–Trinajstić information content (AvgIpc) is 3.22. The molecule has 1 aliphatic heterocycles. The highest BCUT2D eigenvalue weighted by Crippen LogP contribution is 2.29. The van der Waals surface area contributed by atoms with Gasteiger partial charge in [0.25, 0.3) is 0 Å². The van der Waals surface area contributed by atoms with Crippen LogP contribution in [0, 0.1) is 6.92 Å². The molecular formula is C23H25N3O2S. The largest absolute Gasteiger partial charge is 0.457 e. The van der Waals surface area contributed by atoms with Crippen LogP contribution in [-0.2, 0) is 11.2 Å². The van der Waals surface area contributed by atoms with Crippen LogP contribution in [0.1, 0.15) is 35.7 Å². The molecule has 29 heavy (non-hydrogen) atoms. The molecule has 3 aromatic rings. The minimum Gasteiger partial charge on any atom is -0.457 e. The molecule has 6 heteroatoms. The number of carbonyl (C=O) groups excluding carboxylic acids is 1. The van der Waals surface area contributed by atoms with Gasteiger partial charge < -0.3 is 15.4 Å². The van der Waals surface area contributed by atoms with Gasteiger partial charge in [0.1, 0.15) is 11.5 Å². The summed E-state index contributed by atoms with van der Waals surface area (Å²) in [7, 11) is 0. The number of amides is 1. The van der Waals surface area contributed by atoms with Crippen LogP contribution >= 0.6 is 11.3 Å². The molecule has 1 saturated heterocycles. The first-order valence-electron chi connectivity index (χ1n) is 9.94. The zero-order valence-corrected chi connectivity index (χ0v) is 17.3. The topological polar surface area (TPSA) is 63.2 Å². The summed E-state index contributed by atoms with van der Waals surface area (Å²) in [4.78, 5) is 16.9. The van der Waals surface area contributed by atoms with E-state index >= 15 is 0 Å². The van der Waals surface area contributed by atoms with E-state index in [-0.39, 0.29) is 5.91 Å². The third-order valence-electron chi connectivity index (χ3n) is 5.02. The molecule has 3 heterocycles. The Morgan fingerprint density at radius 1 is 1.17 bits per heavy atom. The highest BCUT2D eigenvalue weighted by molar-refractivity contribution is 7.08. The Morgan fingerprint density at radius 2 is 1.97 bits per heavy atom. The van der Waals surface area contributed by atoms with Gasteiger partial charge in [-0.25, -0.2) is 0 Å². The van der Waals surface area contributed by atoms with E-state index in [9.17, 15) is 4.79 Å². The number of nitrogens with one attached hydrogen (secondary N) is 2. The molecule has 0 aliphatic carbocycles. The fourth-order valence-electron chi connectivity index (χ4n) is 3.57. The van der Waals surface area contributed by atoms with Crippen molar-refractivity contribution >= 4 is 22.9 Å². The Bertz CT molecular complexity index is 949. The highest BCUT2D eigenvalue weighted by Gasteiger charge is 2.17. The highest BCUT2D eigenvalue weighted by atomic mass is 32.1. The van der Waals surface area contributed by atoms with E-state index < -0.39 is 0 Å². The smallest absolute Gasteiger partial charge is 0.228 e. The van der Waals surface area contributed by atoms with Crippen molar-refractivity contribution in [3.8, 4) is 11.5 Å². The summed E-state index contributed by atoms with van der Waals surface area (Å²) in [5, 5.41) is 10.3. The summed E-state index contributed by atoms with van der Waals surface area (Å²) < 4.78 is 6.07. The summed E-state index contributed by atoms with van der Waals surface area (Å²) in [5.41, 5.74) is 3.87. The van der Waals surface area contributed by atoms with Crippen LogP contribution in [0.5, 0.6) is 11.5 Å². The van der Waals surface area contributed by atoms with Crippen LogP contribution in [0.25, 0.3) is 0 Å². The molecule has 0 atom stereocenters. The van der Waals surface area contributed by atoms with Crippen molar-refractivity contribution in [1.29, 1.82) is 0 Å². The summed E-state index contributed by atoms with van der Waals surface area (Å²) >= 11 is 1.60. The molecule has 0 saturated carbocycles. The summed E-state index contributed by atoms with van der Waals surface area (Å²) in [6.45, 7) is 4.08. The van der Waals surface area contributed by atoms with E-state index in [2.05, 4.69) is 16.7 Å². The predicted molar refractivity (Wildman–Crippen MR) is 117 cm³/mol. The number of hydrogen-bond acceptors (Lipinski definition) is 5. The van der Waals surface area contributed by atoms with Crippen molar-refractivity contribution in [2.75, 3.05) is 18.4 Å². The molecule has 1 fully saturated rings. The van der Waals surface area contributed by atoms with E-state index in [1.165, 1.54) is 0 Å². The van der Waals surface area contributed by atoms with Crippen molar-refractivity contribution < 1.29 is 9.53 Å². The van der Waals surface area contributed by atoms with Gasteiger partial charge >= 0.3 is 0 Å². The van der Waals surface area contributed by atoms with Crippen LogP contribution < -0.4 is 15.4 Å². The lowest BCUT2D eigenvalue weighted by atomic mass is 9.94. The van der Waals surface area contributed by atoms with E-state index in [4.69, 9.17) is 9.72 Å². The van der Waals surface area contributed by atoms with Crippen LogP contribution in [0.4, 0.5) is 5.69 Å². The van der Waals surface area contributed by atoms with E-state index in [0.717, 1.165) is 60.1 Å². The number of aryl methyl sites for hydroxylation is 1. The number of piperidine rings is 1. The summed E-state index contributed by atoms with van der Waals surface area (Å²) in [6, 6.07) is 13.5. The van der Waals surface area contributed by atoms with Crippen molar-refractivity contribution in [3.05, 3.63) is 70.2 Å². The Balaban J connectivity index is 1.39. The van der Waals surface area contributed by atoms with Crippen LogP contribution in [0.15, 0.2) is 53.2 Å². The molecule has 0 radical (unpaired) electrons. The third kappa shape index (κ3) is 5.43. The number of aromatic nitrogens is 1. The Labute approximate surface area is 175 Å². The number of nitrogens with zero attached hydrogens (tertiary/aromatic N) is 1. The molecule has 5 nitrogen and oxygen atoms in total. The molecule has 1 amide bonds. The van der Waals surface area contributed by atoms with Crippen molar-refractivity contribution in [2.45, 2.75) is 32.1 Å². The van der Waals surface area contributed by atoms with Crippen molar-refractivity contribution in [1.82, 2.24) is 10.3 Å². The standard InChI is InChI=1S/C23H25N3O2S/c1-16-12-21(14-22(25-16)18-6-9-24-10-7-18)28-20-4-2-19(3-5-20)26-23(27)13-17-8-11-29-15-17/h2-5,8,11-12,14-15,18,24H,6-7,9-10,13H2,1H3,(H,26,27).